The van der Waals surface area contributed by atoms with Crippen LogP contribution in [0.1, 0.15) is 5.56 Å². The molecule has 0 radical (unpaired) electrons. The minimum Gasteiger partial charge on any atom is -0.381 e. The lowest BCUT2D eigenvalue weighted by molar-refractivity contribution is 0.616. The van der Waals surface area contributed by atoms with Gasteiger partial charge in [0.05, 0.1) is 0 Å². The van der Waals surface area contributed by atoms with Crippen molar-refractivity contribution >= 4 is 16.6 Å². The highest BCUT2D eigenvalue weighted by molar-refractivity contribution is 7.69. The van der Waals surface area contributed by atoms with E-state index in [9.17, 15) is 0 Å². The average Bonchev–Trinajstić information content (AvgIpc) is 2.30. The van der Waals surface area contributed by atoms with Gasteiger partial charge in [-0.1, -0.05) is 12.1 Å². The summed E-state index contributed by atoms with van der Waals surface area (Å²) in [5, 5.41) is 7.29. The fraction of sp³-hybridized carbons (Fsp3) is 0.143. The third kappa shape index (κ3) is 2.89. The smallest absolute Gasteiger partial charge is 0.198 e. The van der Waals surface area contributed by atoms with E-state index in [0.29, 0.717) is 0 Å². The SMILES string of the molecule is N[SH](=O)=O.c1cc2cc(c1)NC2. The van der Waals surface area contributed by atoms with Gasteiger partial charge in [0.15, 0.2) is 10.9 Å². The van der Waals surface area contributed by atoms with Crippen LogP contribution in [0.3, 0.4) is 0 Å². The van der Waals surface area contributed by atoms with Gasteiger partial charge in [0.2, 0.25) is 0 Å². The molecule has 1 aromatic rings. The van der Waals surface area contributed by atoms with Crippen molar-refractivity contribution in [1.29, 1.82) is 0 Å². The summed E-state index contributed by atoms with van der Waals surface area (Å²) >= 11 is 0. The van der Waals surface area contributed by atoms with E-state index in [2.05, 4.69) is 34.7 Å². The van der Waals surface area contributed by atoms with Crippen LogP contribution in [0.25, 0.3) is 0 Å². The van der Waals surface area contributed by atoms with E-state index < -0.39 is 10.9 Å². The Morgan fingerprint density at radius 1 is 1.42 bits per heavy atom. The lowest BCUT2D eigenvalue weighted by atomic mass is 10.2. The van der Waals surface area contributed by atoms with Gasteiger partial charge in [0.1, 0.15) is 0 Å². The van der Waals surface area contributed by atoms with E-state index in [0.717, 1.165) is 6.54 Å². The predicted molar refractivity (Wildman–Crippen MR) is 48.3 cm³/mol. The van der Waals surface area contributed by atoms with Crippen molar-refractivity contribution in [3.63, 3.8) is 0 Å². The zero-order valence-electron chi connectivity index (χ0n) is 6.36. The van der Waals surface area contributed by atoms with Crippen LogP contribution in [0, 0.1) is 0 Å². The van der Waals surface area contributed by atoms with Crippen LogP contribution in [-0.2, 0) is 17.4 Å². The summed E-state index contributed by atoms with van der Waals surface area (Å²) in [6.45, 7) is 1.02. The Hall–Kier alpha value is -1.07. The molecule has 1 heterocycles. The molecule has 66 valence electrons. The largest absolute Gasteiger partial charge is 0.381 e. The predicted octanol–water partition coefficient (Wildman–Crippen LogP) is 0.0836. The number of thiol groups is 1. The maximum atomic E-state index is 8.81. The summed E-state index contributed by atoms with van der Waals surface area (Å²) in [6.07, 6.45) is 0. The molecule has 1 aliphatic rings. The number of hydrogen-bond donors (Lipinski definition) is 3. The maximum Gasteiger partial charge on any atom is 0.198 e. The first-order valence-electron chi connectivity index (χ1n) is 3.40. The molecule has 1 aliphatic heterocycles. The minimum atomic E-state index is -2.62. The summed E-state index contributed by atoms with van der Waals surface area (Å²) in [4.78, 5) is 0. The summed E-state index contributed by atoms with van der Waals surface area (Å²) < 4.78 is 17.6. The molecule has 12 heavy (non-hydrogen) atoms. The van der Waals surface area contributed by atoms with Crippen LogP contribution in [0.15, 0.2) is 24.3 Å². The van der Waals surface area contributed by atoms with E-state index in [1.165, 1.54) is 11.3 Å². The highest BCUT2D eigenvalue weighted by Gasteiger charge is 2.00. The van der Waals surface area contributed by atoms with Gasteiger partial charge in [0, 0.05) is 12.2 Å². The lowest BCUT2D eigenvalue weighted by Crippen LogP contribution is -1.85. The molecule has 2 bridgehead atoms. The van der Waals surface area contributed by atoms with E-state index in [1.807, 2.05) is 0 Å². The van der Waals surface area contributed by atoms with E-state index in [4.69, 9.17) is 8.42 Å². The van der Waals surface area contributed by atoms with Gasteiger partial charge in [0.25, 0.3) is 0 Å². The lowest BCUT2D eigenvalue weighted by Gasteiger charge is -1.87. The molecule has 0 spiro atoms. The first-order chi connectivity index (χ1) is 5.68. The maximum absolute atomic E-state index is 8.81. The van der Waals surface area contributed by atoms with Crippen LogP contribution >= 0.6 is 0 Å². The molecule has 3 N–H and O–H groups in total. The van der Waals surface area contributed by atoms with Gasteiger partial charge in [-0.25, -0.2) is 13.6 Å². The van der Waals surface area contributed by atoms with Crippen molar-refractivity contribution in [3.8, 4) is 0 Å². The molecule has 0 atom stereocenters. The first-order valence-corrected chi connectivity index (χ1v) is 4.65. The normalized spacial score (nSPS) is 11.8. The zero-order chi connectivity index (χ0) is 8.97. The van der Waals surface area contributed by atoms with Crippen molar-refractivity contribution in [1.82, 2.24) is 0 Å². The summed E-state index contributed by atoms with van der Waals surface area (Å²) in [5.41, 5.74) is 2.64. The third-order valence-electron chi connectivity index (χ3n) is 1.42. The Morgan fingerprint density at radius 2 is 2.08 bits per heavy atom. The van der Waals surface area contributed by atoms with Gasteiger partial charge in [-0.3, -0.25) is 0 Å². The van der Waals surface area contributed by atoms with Crippen molar-refractivity contribution in [2.24, 2.45) is 5.14 Å². The van der Waals surface area contributed by atoms with Gasteiger partial charge in [-0.2, -0.15) is 0 Å². The second-order valence-electron chi connectivity index (χ2n) is 2.34. The van der Waals surface area contributed by atoms with E-state index in [-0.39, 0.29) is 0 Å². The molecule has 0 fully saturated rings. The van der Waals surface area contributed by atoms with Crippen LogP contribution in [-0.4, -0.2) is 8.42 Å². The first kappa shape index (κ1) is 9.02. The quantitative estimate of drug-likeness (QED) is 0.502. The van der Waals surface area contributed by atoms with Gasteiger partial charge in [-0.05, 0) is 17.7 Å². The number of benzene rings is 1. The molecule has 1 aromatic carbocycles. The fourth-order valence-electron chi connectivity index (χ4n) is 0.995. The number of nitrogens with two attached hydrogens (primary N) is 1. The zero-order valence-corrected chi connectivity index (χ0v) is 7.25. The Morgan fingerprint density at radius 3 is 2.58 bits per heavy atom. The van der Waals surface area contributed by atoms with Crippen LogP contribution < -0.4 is 10.5 Å². The molecule has 0 saturated carbocycles. The second kappa shape index (κ2) is 4.08. The monoisotopic (exact) mass is 186 g/mol. The number of anilines is 1. The van der Waals surface area contributed by atoms with Crippen molar-refractivity contribution in [2.45, 2.75) is 6.54 Å². The summed E-state index contributed by atoms with van der Waals surface area (Å²) in [7, 11) is -2.62. The van der Waals surface area contributed by atoms with E-state index in [1.54, 1.807) is 0 Å². The summed E-state index contributed by atoms with van der Waals surface area (Å²) in [6, 6.07) is 8.45. The second-order valence-corrected chi connectivity index (χ2v) is 2.91. The highest BCUT2D eigenvalue weighted by atomic mass is 32.2. The molecule has 5 heteroatoms. The third-order valence-corrected chi connectivity index (χ3v) is 1.42. The van der Waals surface area contributed by atoms with Crippen LogP contribution in [0.4, 0.5) is 5.69 Å². The van der Waals surface area contributed by atoms with Gasteiger partial charge in [-0.15, -0.1) is 0 Å². The van der Waals surface area contributed by atoms with Gasteiger partial charge >= 0.3 is 0 Å². The molecule has 0 unspecified atom stereocenters. The standard InChI is InChI=1S/C7H7N.H3NO2S/c1-2-6-4-7(3-1)8-5-6;1-4(2)3/h1-4,8H,5H2;4H,(H2,1,2,3). The molecule has 0 amide bonds. The van der Waals surface area contributed by atoms with E-state index >= 15 is 0 Å². The number of hydrogen-bond acceptors (Lipinski definition) is 3. The number of fused-ring (bicyclic) bond motifs is 2. The fourth-order valence-corrected chi connectivity index (χ4v) is 0.995. The topological polar surface area (TPSA) is 72.2 Å². The Bertz CT molecular complexity index is 309. The molecule has 4 nitrogen and oxygen atoms in total. The molecule has 2 rings (SSSR count). The van der Waals surface area contributed by atoms with Crippen LogP contribution in [0.2, 0.25) is 0 Å². The average molecular weight is 186 g/mol. The van der Waals surface area contributed by atoms with Crippen molar-refractivity contribution in [2.75, 3.05) is 5.32 Å². The Labute approximate surface area is 72.5 Å². The Balaban J connectivity index is 0.000000157. The molecule has 0 saturated heterocycles. The molecular formula is C7H10N2O2S. The molecule has 0 aliphatic carbocycles. The number of nitrogens with one attached hydrogen (secondary N) is 1. The number of rotatable bonds is 0. The van der Waals surface area contributed by atoms with Crippen LogP contribution in [0.5, 0.6) is 0 Å². The minimum absolute atomic E-state index is 1.02. The molecule has 0 aromatic heterocycles. The highest BCUT2D eigenvalue weighted by Crippen LogP contribution is 2.17. The van der Waals surface area contributed by atoms with Gasteiger partial charge < -0.3 is 5.32 Å². The summed E-state index contributed by atoms with van der Waals surface area (Å²) in [5.74, 6) is 0. The molecular weight excluding hydrogens is 176 g/mol. The van der Waals surface area contributed by atoms with Crippen molar-refractivity contribution < 1.29 is 8.42 Å². The van der Waals surface area contributed by atoms with Crippen molar-refractivity contribution in [3.05, 3.63) is 29.8 Å². The Kier molecular flexibility index (Phi) is 3.07.